The van der Waals surface area contributed by atoms with E-state index in [0.717, 1.165) is 16.0 Å². The van der Waals surface area contributed by atoms with Gasteiger partial charge >= 0.3 is 11.9 Å². The number of hydrogen-bond acceptors (Lipinski definition) is 7. The minimum atomic E-state index is -0.593. The normalized spacial score (nSPS) is 14.8. The van der Waals surface area contributed by atoms with E-state index in [0.29, 0.717) is 29.2 Å². The van der Waals surface area contributed by atoms with Crippen molar-refractivity contribution in [3.63, 3.8) is 0 Å². The molecule has 154 valence electrons. The van der Waals surface area contributed by atoms with Gasteiger partial charge in [0.05, 0.1) is 25.7 Å². The number of esters is 2. The van der Waals surface area contributed by atoms with Crippen LogP contribution in [0.15, 0.2) is 18.2 Å². The van der Waals surface area contributed by atoms with Crippen LogP contribution in [0, 0.1) is 13.8 Å². The van der Waals surface area contributed by atoms with Crippen LogP contribution in [-0.2, 0) is 25.5 Å². The number of fused-ring (bicyclic) bond motifs is 1. The van der Waals surface area contributed by atoms with Gasteiger partial charge in [-0.25, -0.2) is 4.79 Å². The van der Waals surface area contributed by atoms with Crippen LogP contribution in [0.4, 0.5) is 5.00 Å². The maximum Gasteiger partial charge on any atom is 0.341 e. The number of rotatable bonds is 6. The highest BCUT2D eigenvalue weighted by molar-refractivity contribution is 7.17. The molecule has 1 unspecified atom stereocenters. The number of hydrogen-bond donors (Lipinski definition) is 1. The first-order chi connectivity index (χ1) is 13.8. The van der Waals surface area contributed by atoms with E-state index in [9.17, 15) is 14.4 Å². The first-order valence-electron chi connectivity index (χ1n) is 9.17. The lowest BCUT2D eigenvalue weighted by Gasteiger charge is -2.12. The fraction of sp³-hybridized carbons (Fsp3) is 0.381. The molecular weight excluding hydrogens is 394 g/mol. The van der Waals surface area contributed by atoms with Crippen LogP contribution in [0.2, 0.25) is 0 Å². The highest BCUT2D eigenvalue weighted by Gasteiger charge is 2.38. The minimum absolute atomic E-state index is 0.200. The number of carbonyl (C=O) groups excluding carboxylic acids is 3. The molecule has 0 bridgehead atoms. The molecule has 0 saturated heterocycles. The van der Waals surface area contributed by atoms with Crippen molar-refractivity contribution < 1.29 is 28.6 Å². The monoisotopic (exact) mass is 417 g/mol. The van der Waals surface area contributed by atoms with Crippen LogP contribution >= 0.6 is 11.3 Å². The van der Waals surface area contributed by atoms with Crippen molar-refractivity contribution in [1.29, 1.82) is 0 Å². The molecule has 0 radical (unpaired) electrons. The van der Waals surface area contributed by atoms with Crippen LogP contribution in [0.1, 0.15) is 44.3 Å². The van der Waals surface area contributed by atoms with Crippen LogP contribution in [0.5, 0.6) is 5.75 Å². The van der Waals surface area contributed by atoms with E-state index >= 15 is 0 Å². The third-order valence-electron chi connectivity index (χ3n) is 4.86. The number of amides is 1. The fourth-order valence-electron chi connectivity index (χ4n) is 3.40. The van der Waals surface area contributed by atoms with Gasteiger partial charge in [-0.3, -0.25) is 9.59 Å². The summed E-state index contributed by atoms with van der Waals surface area (Å²) in [6.45, 7) is 3.65. The number of thiophene rings is 1. The number of methoxy groups -OCH3 is 2. The second kappa shape index (κ2) is 8.65. The first kappa shape index (κ1) is 20.9. The maximum atomic E-state index is 12.5. The van der Waals surface area contributed by atoms with Gasteiger partial charge < -0.3 is 19.5 Å². The zero-order valence-corrected chi connectivity index (χ0v) is 17.6. The zero-order valence-electron chi connectivity index (χ0n) is 16.8. The Morgan fingerprint density at radius 2 is 1.93 bits per heavy atom. The lowest BCUT2D eigenvalue weighted by atomic mass is 9.99. The Labute approximate surface area is 173 Å². The molecular formula is C21H23NO6S. The van der Waals surface area contributed by atoms with Gasteiger partial charge in [-0.1, -0.05) is 12.1 Å². The Morgan fingerprint density at radius 3 is 2.62 bits per heavy atom. The molecule has 1 N–H and O–H groups in total. The van der Waals surface area contributed by atoms with Gasteiger partial charge in [0.25, 0.3) is 5.91 Å². The molecule has 1 aromatic heterocycles. The summed E-state index contributed by atoms with van der Waals surface area (Å²) >= 11 is 1.28. The molecule has 0 fully saturated rings. The molecule has 3 rings (SSSR count). The van der Waals surface area contributed by atoms with Gasteiger partial charge in [-0.15, -0.1) is 11.3 Å². The second-order valence-electron chi connectivity index (χ2n) is 6.85. The smallest absolute Gasteiger partial charge is 0.341 e. The summed E-state index contributed by atoms with van der Waals surface area (Å²) in [4.78, 5) is 37.9. The average molecular weight is 417 g/mol. The van der Waals surface area contributed by atoms with Crippen LogP contribution in [0.3, 0.4) is 0 Å². The van der Waals surface area contributed by atoms with Gasteiger partial charge in [-0.05, 0) is 49.4 Å². The minimum Gasteiger partial charge on any atom is -0.483 e. The molecule has 8 heteroatoms. The lowest BCUT2D eigenvalue weighted by Crippen LogP contribution is -2.22. The quantitative estimate of drug-likeness (QED) is 0.725. The van der Waals surface area contributed by atoms with E-state index < -0.39 is 23.8 Å². The molecule has 1 heterocycles. The molecule has 29 heavy (non-hydrogen) atoms. The van der Waals surface area contributed by atoms with Gasteiger partial charge in [0.1, 0.15) is 10.8 Å². The first-order valence-corrected chi connectivity index (χ1v) is 9.99. The molecule has 0 saturated carbocycles. The SMILES string of the molecule is COC(=O)c1c(NC(=O)COc2cc(C)ccc2C)sc2c1C(C(=O)OC)CC2. The molecule has 2 aromatic rings. The Hall–Kier alpha value is -2.87. The molecule has 0 spiro atoms. The number of ether oxygens (including phenoxy) is 3. The summed E-state index contributed by atoms with van der Waals surface area (Å²) in [6, 6.07) is 5.76. The van der Waals surface area contributed by atoms with Crippen molar-refractivity contribution in [3.8, 4) is 5.75 Å². The van der Waals surface area contributed by atoms with Gasteiger partial charge in [0.15, 0.2) is 6.61 Å². The van der Waals surface area contributed by atoms with Crippen LogP contribution in [-0.4, -0.2) is 38.7 Å². The van der Waals surface area contributed by atoms with E-state index in [1.807, 2.05) is 32.0 Å². The molecule has 1 aliphatic rings. The topological polar surface area (TPSA) is 90.9 Å². The Balaban J connectivity index is 1.80. The summed E-state index contributed by atoms with van der Waals surface area (Å²) in [5, 5.41) is 3.10. The number of anilines is 1. The van der Waals surface area contributed by atoms with Crippen LogP contribution in [0.25, 0.3) is 0 Å². The highest BCUT2D eigenvalue weighted by Crippen LogP contribution is 2.45. The summed E-state index contributed by atoms with van der Waals surface area (Å²) < 4.78 is 15.4. The van der Waals surface area contributed by atoms with E-state index in [1.165, 1.54) is 25.6 Å². The van der Waals surface area contributed by atoms with Crippen LogP contribution < -0.4 is 10.1 Å². The summed E-state index contributed by atoms with van der Waals surface area (Å²) in [5.41, 5.74) is 2.78. The average Bonchev–Trinajstić information content (AvgIpc) is 3.26. The summed E-state index contributed by atoms with van der Waals surface area (Å²) in [7, 11) is 2.58. The number of nitrogens with one attached hydrogen (secondary N) is 1. The van der Waals surface area contributed by atoms with E-state index in [2.05, 4.69) is 5.32 Å². The Morgan fingerprint density at radius 1 is 1.17 bits per heavy atom. The van der Waals surface area contributed by atoms with E-state index in [1.54, 1.807) is 0 Å². The third-order valence-corrected chi connectivity index (χ3v) is 6.04. The molecule has 0 aliphatic heterocycles. The fourth-order valence-corrected chi connectivity index (χ4v) is 4.69. The molecule has 1 aliphatic carbocycles. The number of benzene rings is 1. The van der Waals surface area contributed by atoms with Crippen molar-refractivity contribution in [2.24, 2.45) is 0 Å². The highest BCUT2D eigenvalue weighted by atomic mass is 32.1. The Bertz CT molecular complexity index is 964. The lowest BCUT2D eigenvalue weighted by molar-refractivity contribution is -0.142. The number of aryl methyl sites for hydroxylation is 3. The molecule has 1 amide bonds. The largest absolute Gasteiger partial charge is 0.483 e. The molecule has 7 nitrogen and oxygen atoms in total. The maximum absolute atomic E-state index is 12.5. The van der Waals surface area contributed by atoms with E-state index in [4.69, 9.17) is 14.2 Å². The zero-order chi connectivity index (χ0) is 21.1. The second-order valence-corrected chi connectivity index (χ2v) is 7.96. The van der Waals surface area contributed by atoms with Crippen molar-refractivity contribution in [1.82, 2.24) is 0 Å². The van der Waals surface area contributed by atoms with Gasteiger partial charge in [0.2, 0.25) is 0 Å². The third kappa shape index (κ3) is 4.27. The van der Waals surface area contributed by atoms with Crippen molar-refractivity contribution in [3.05, 3.63) is 45.3 Å². The Kier molecular flexibility index (Phi) is 6.22. The van der Waals surface area contributed by atoms with Crippen molar-refractivity contribution in [2.45, 2.75) is 32.6 Å². The predicted molar refractivity (Wildman–Crippen MR) is 109 cm³/mol. The molecule has 1 aromatic carbocycles. The van der Waals surface area contributed by atoms with Gasteiger partial charge in [-0.2, -0.15) is 0 Å². The van der Waals surface area contributed by atoms with E-state index in [-0.39, 0.29) is 12.2 Å². The molecule has 1 atom stereocenters. The van der Waals surface area contributed by atoms with Crippen molar-refractivity contribution in [2.75, 3.05) is 26.1 Å². The van der Waals surface area contributed by atoms with Crippen molar-refractivity contribution >= 4 is 34.2 Å². The standard InChI is InChI=1S/C21H23NO6S/c1-11-5-6-12(2)14(9-11)28-10-16(23)22-19-18(21(25)27-4)17-13(20(24)26-3)7-8-15(17)29-19/h5-6,9,13H,7-8,10H2,1-4H3,(H,22,23). The predicted octanol–water partition coefficient (Wildman–Crippen LogP) is 3.37. The summed E-state index contributed by atoms with van der Waals surface area (Å²) in [5.74, 6) is -1.29. The summed E-state index contributed by atoms with van der Waals surface area (Å²) in [6.07, 6.45) is 1.21. The number of carbonyl (C=O) groups is 3. The van der Waals surface area contributed by atoms with Gasteiger partial charge in [0, 0.05) is 4.88 Å².